The second-order valence-electron chi connectivity index (χ2n) is 7.03. The summed E-state index contributed by atoms with van der Waals surface area (Å²) in [6.45, 7) is 1.82. The van der Waals surface area contributed by atoms with Crippen LogP contribution in [0.4, 0.5) is 4.39 Å². The molecule has 0 aliphatic carbocycles. The van der Waals surface area contributed by atoms with E-state index in [9.17, 15) is 18.8 Å². The molecule has 2 unspecified atom stereocenters. The molecule has 3 amide bonds. The van der Waals surface area contributed by atoms with Gasteiger partial charge >= 0.3 is 0 Å². The molecule has 1 aromatic carbocycles. The molecule has 2 atom stereocenters. The van der Waals surface area contributed by atoms with E-state index in [-0.39, 0.29) is 43.1 Å². The van der Waals surface area contributed by atoms with Crippen molar-refractivity contribution in [1.29, 1.82) is 0 Å². The molecule has 2 aliphatic rings. The molecule has 2 fully saturated rings. The van der Waals surface area contributed by atoms with Crippen LogP contribution in [0.5, 0.6) is 0 Å². The summed E-state index contributed by atoms with van der Waals surface area (Å²) in [7, 11) is 0. The molecule has 2 saturated heterocycles. The van der Waals surface area contributed by atoms with Crippen LogP contribution in [0, 0.1) is 11.7 Å². The van der Waals surface area contributed by atoms with Crippen LogP contribution >= 0.6 is 0 Å². The molecule has 1 aromatic rings. The smallest absolute Gasteiger partial charge is 0.248 e. The van der Waals surface area contributed by atoms with Gasteiger partial charge in [-0.15, -0.1) is 0 Å². The van der Waals surface area contributed by atoms with Gasteiger partial charge in [-0.25, -0.2) is 4.39 Å². The lowest BCUT2D eigenvalue weighted by molar-refractivity contribution is -0.150. The number of nitrogens with zero attached hydrogens (tertiary/aromatic N) is 2. The largest absolute Gasteiger partial charge is 0.367 e. The number of morpholine rings is 1. The zero-order valence-corrected chi connectivity index (χ0v) is 15.1. The van der Waals surface area contributed by atoms with Gasteiger partial charge in [-0.1, -0.05) is 12.1 Å². The van der Waals surface area contributed by atoms with E-state index < -0.39 is 12.0 Å². The zero-order valence-electron chi connectivity index (χ0n) is 15.1. The summed E-state index contributed by atoms with van der Waals surface area (Å²) in [6, 6.07) is 5.85. The van der Waals surface area contributed by atoms with Gasteiger partial charge in [0.1, 0.15) is 5.82 Å². The summed E-state index contributed by atoms with van der Waals surface area (Å²) in [4.78, 5) is 40.0. The molecule has 2 heterocycles. The van der Waals surface area contributed by atoms with Crippen LogP contribution in [0.3, 0.4) is 0 Å². The zero-order chi connectivity index (χ0) is 19.4. The Balaban J connectivity index is 1.58. The van der Waals surface area contributed by atoms with Gasteiger partial charge in [-0.2, -0.15) is 0 Å². The second kappa shape index (κ2) is 8.47. The Morgan fingerprint density at radius 1 is 1.11 bits per heavy atom. The molecule has 0 bridgehead atoms. The highest BCUT2D eigenvalue weighted by Gasteiger charge is 2.34. The fourth-order valence-electron chi connectivity index (χ4n) is 3.57. The lowest BCUT2D eigenvalue weighted by Gasteiger charge is -2.37. The summed E-state index contributed by atoms with van der Waals surface area (Å²) >= 11 is 0. The molecule has 3 rings (SSSR count). The first-order valence-electron chi connectivity index (χ1n) is 9.16. The van der Waals surface area contributed by atoms with Crippen molar-refractivity contribution in [2.45, 2.75) is 25.4 Å². The first-order valence-corrected chi connectivity index (χ1v) is 9.16. The van der Waals surface area contributed by atoms with E-state index in [2.05, 4.69) is 0 Å². The summed E-state index contributed by atoms with van der Waals surface area (Å²) in [5.74, 6) is -1.34. The van der Waals surface area contributed by atoms with E-state index in [1.54, 1.807) is 21.9 Å². The van der Waals surface area contributed by atoms with Crippen LogP contribution in [-0.4, -0.2) is 66.4 Å². The van der Waals surface area contributed by atoms with Gasteiger partial charge in [0, 0.05) is 19.6 Å². The van der Waals surface area contributed by atoms with Crippen molar-refractivity contribution >= 4 is 17.7 Å². The van der Waals surface area contributed by atoms with Gasteiger partial charge in [0.25, 0.3) is 0 Å². The predicted octanol–water partition coefficient (Wildman–Crippen LogP) is 0.320. The van der Waals surface area contributed by atoms with Crippen LogP contribution < -0.4 is 5.73 Å². The van der Waals surface area contributed by atoms with Crippen LogP contribution in [0.2, 0.25) is 0 Å². The van der Waals surface area contributed by atoms with Crippen molar-refractivity contribution in [2.24, 2.45) is 11.7 Å². The molecule has 0 aromatic heterocycles. The number of amides is 3. The number of likely N-dealkylation sites (tertiary alicyclic amines) is 1. The molecule has 0 radical (unpaired) electrons. The van der Waals surface area contributed by atoms with Gasteiger partial charge in [0.05, 0.1) is 25.5 Å². The van der Waals surface area contributed by atoms with Gasteiger partial charge in [-0.05, 0) is 30.5 Å². The lowest BCUT2D eigenvalue weighted by Crippen LogP contribution is -2.54. The van der Waals surface area contributed by atoms with Crippen molar-refractivity contribution in [3.05, 3.63) is 35.6 Å². The predicted molar refractivity (Wildman–Crippen MR) is 94.9 cm³/mol. The third-order valence-corrected chi connectivity index (χ3v) is 5.09. The average Bonchev–Trinajstić information content (AvgIpc) is 2.69. The lowest BCUT2D eigenvalue weighted by atomic mass is 9.95. The Hall–Kier alpha value is -2.48. The number of carbonyl (C=O) groups excluding carboxylic acids is 3. The standard InChI is InChI=1S/C19H24FN3O4/c20-15-5-3-13(4-6-15)10-17(24)22-7-1-2-14(11-22)19(26)23-8-9-27-16(12-23)18(21)25/h3-6,14,16H,1-2,7-12H2,(H2,21,25). The molecule has 8 heteroatoms. The average molecular weight is 377 g/mol. The topological polar surface area (TPSA) is 92.9 Å². The quantitative estimate of drug-likeness (QED) is 0.818. The number of primary amides is 1. The number of rotatable bonds is 4. The molecular weight excluding hydrogens is 353 g/mol. The monoisotopic (exact) mass is 377 g/mol. The normalized spacial score (nSPS) is 23.1. The van der Waals surface area contributed by atoms with Crippen molar-refractivity contribution in [3.63, 3.8) is 0 Å². The summed E-state index contributed by atoms with van der Waals surface area (Å²) in [5, 5.41) is 0. The fraction of sp³-hybridized carbons (Fsp3) is 0.526. The molecular formula is C19H24FN3O4. The second-order valence-corrected chi connectivity index (χ2v) is 7.03. The molecule has 0 saturated carbocycles. The number of carbonyl (C=O) groups is 3. The maximum absolute atomic E-state index is 13.0. The van der Waals surface area contributed by atoms with Crippen LogP contribution in [0.15, 0.2) is 24.3 Å². The minimum absolute atomic E-state index is 0.0659. The van der Waals surface area contributed by atoms with E-state index in [1.807, 2.05) is 0 Å². The van der Waals surface area contributed by atoms with Gasteiger partial charge in [0.15, 0.2) is 6.10 Å². The number of nitrogens with two attached hydrogens (primary N) is 1. The van der Waals surface area contributed by atoms with Crippen molar-refractivity contribution in [1.82, 2.24) is 9.80 Å². The highest BCUT2D eigenvalue weighted by atomic mass is 19.1. The minimum Gasteiger partial charge on any atom is -0.367 e. The SMILES string of the molecule is NC(=O)C1CN(C(=O)C2CCCN(C(=O)Cc3ccc(F)cc3)C2)CCO1. The summed E-state index contributed by atoms with van der Waals surface area (Å²) in [6.07, 6.45) is 0.859. The van der Waals surface area contributed by atoms with Crippen LogP contribution in [-0.2, 0) is 25.5 Å². The molecule has 7 nitrogen and oxygen atoms in total. The van der Waals surface area contributed by atoms with E-state index in [1.165, 1.54) is 12.1 Å². The molecule has 27 heavy (non-hydrogen) atoms. The van der Waals surface area contributed by atoms with Gasteiger partial charge in [0.2, 0.25) is 17.7 Å². The fourth-order valence-corrected chi connectivity index (χ4v) is 3.57. The third-order valence-electron chi connectivity index (χ3n) is 5.09. The number of halogens is 1. The van der Waals surface area contributed by atoms with Gasteiger partial charge in [-0.3, -0.25) is 14.4 Å². The van der Waals surface area contributed by atoms with E-state index in [0.29, 0.717) is 26.1 Å². The Bertz CT molecular complexity index is 709. The maximum atomic E-state index is 13.0. The number of hydrogen-bond donors (Lipinski definition) is 1. The molecule has 2 N–H and O–H groups in total. The molecule has 146 valence electrons. The number of hydrogen-bond acceptors (Lipinski definition) is 4. The number of benzene rings is 1. The highest BCUT2D eigenvalue weighted by molar-refractivity contribution is 5.84. The third kappa shape index (κ3) is 4.82. The maximum Gasteiger partial charge on any atom is 0.248 e. The molecule has 0 spiro atoms. The molecule has 2 aliphatic heterocycles. The van der Waals surface area contributed by atoms with Crippen LogP contribution in [0.25, 0.3) is 0 Å². The Morgan fingerprint density at radius 2 is 1.85 bits per heavy atom. The van der Waals surface area contributed by atoms with E-state index in [0.717, 1.165) is 12.0 Å². The van der Waals surface area contributed by atoms with Crippen molar-refractivity contribution < 1.29 is 23.5 Å². The minimum atomic E-state index is -0.775. The number of piperidine rings is 1. The first kappa shape index (κ1) is 19.3. The van der Waals surface area contributed by atoms with Crippen molar-refractivity contribution in [3.8, 4) is 0 Å². The van der Waals surface area contributed by atoms with Gasteiger partial charge < -0.3 is 20.3 Å². The van der Waals surface area contributed by atoms with E-state index in [4.69, 9.17) is 10.5 Å². The first-order chi connectivity index (χ1) is 12.9. The van der Waals surface area contributed by atoms with Crippen molar-refractivity contribution in [2.75, 3.05) is 32.8 Å². The Morgan fingerprint density at radius 3 is 2.56 bits per heavy atom. The Kier molecular flexibility index (Phi) is 6.05. The Labute approximate surface area is 157 Å². The summed E-state index contributed by atoms with van der Waals surface area (Å²) in [5.41, 5.74) is 6.02. The number of ether oxygens (including phenoxy) is 1. The van der Waals surface area contributed by atoms with Crippen LogP contribution in [0.1, 0.15) is 18.4 Å². The highest BCUT2D eigenvalue weighted by Crippen LogP contribution is 2.21. The van der Waals surface area contributed by atoms with E-state index >= 15 is 0 Å². The summed E-state index contributed by atoms with van der Waals surface area (Å²) < 4.78 is 18.3.